The molecule has 0 radical (unpaired) electrons. The van der Waals surface area contributed by atoms with E-state index in [1.807, 2.05) is 11.0 Å². The Morgan fingerprint density at radius 2 is 1.77 bits per heavy atom. The third kappa shape index (κ3) is 5.42. The average molecular weight is 445 g/mol. The highest BCUT2D eigenvalue weighted by Crippen LogP contribution is 2.27. The van der Waals surface area contributed by atoms with Gasteiger partial charge in [-0.2, -0.15) is 0 Å². The standard InChI is InChI=1S/C22H28N4O4S/c1-3-18-13-15-5-6-17(14-20(15)21(27)26(18)12-4-11-23)25-22(28)24-16-7-9-19(10-8-16)31(2,29)30/h5-10,14,18H,3-4,11-13,23H2,1-2H3,(H2,24,25,28). The van der Waals surface area contributed by atoms with Crippen molar-refractivity contribution in [1.82, 2.24) is 4.90 Å². The Hall–Kier alpha value is -2.91. The Labute approximate surface area is 182 Å². The summed E-state index contributed by atoms with van der Waals surface area (Å²) in [5, 5.41) is 5.39. The van der Waals surface area contributed by atoms with Gasteiger partial charge in [-0.05, 0) is 67.8 Å². The molecule has 0 bridgehead atoms. The molecule has 0 saturated heterocycles. The number of hydrogen-bond donors (Lipinski definition) is 3. The second-order valence-electron chi connectivity index (χ2n) is 7.65. The summed E-state index contributed by atoms with van der Waals surface area (Å²) in [6, 6.07) is 10.9. The minimum atomic E-state index is -3.30. The van der Waals surface area contributed by atoms with Gasteiger partial charge in [0.05, 0.1) is 4.90 Å². The van der Waals surface area contributed by atoms with Gasteiger partial charge in [0.2, 0.25) is 0 Å². The molecule has 0 fully saturated rings. The van der Waals surface area contributed by atoms with Gasteiger partial charge >= 0.3 is 6.03 Å². The molecule has 1 atom stereocenters. The zero-order chi connectivity index (χ0) is 22.6. The zero-order valence-corrected chi connectivity index (χ0v) is 18.5. The molecule has 0 saturated carbocycles. The van der Waals surface area contributed by atoms with Crippen molar-refractivity contribution in [1.29, 1.82) is 0 Å². The van der Waals surface area contributed by atoms with Crippen molar-refractivity contribution in [2.45, 2.75) is 37.1 Å². The van der Waals surface area contributed by atoms with E-state index < -0.39 is 15.9 Å². The van der Waals surface area contributed by atoms with Crippen LogP contribution in [0, 0.1) is 0 Å². The van der Waals surface area contributed by atoms with Crippen LogP contribution in [0.1, 0.15) is 35.7 Å². The first-order valence-corrected chi connectivity index (χ1v) is 12.1. The molecule has 0 aliphatic carbocycles. The molecule has 2 aromatic carbocycles. The fourth-order valence-electron chi connectivity index (χ4n) is 3.71. The lowest BCUT2D eigenvalue weighted by Gasteiger charge is -2.36. The van der Waals surface area contributed by atoms with Crippen molar-refractivity contribution < 1.29 is 18.0 Å². The van der Waals surface area contributed by atoms with Crippen molar-refractivity contribution in [3.8, 4) is 0 Å². The lowest BCUT2D eigenvalue weighted by molar-refractivity contribution is 0.0643. The van der Waals surface area contributed by atoms with Gasteiger partial charge in [0.15, 0.2) is 9.84 Å². The highest BCUT2D eigenvalue weighted by molar-refractivity contribution is 7.90. The van der Waals surface area contributed by atoms with Crippen LogP contribution in [-0.2, 0) is 16.3 Å². The number of nitrogens with two attached hydrogens (primary N) is 1. The molecule has 1 unspecified atom stereocenters. The fraction of sp³-hybridized carbons (Fsp3) is 0.364. The Kier molecular flexibility index (Phi) is 6.97. The molecule has 2 aromatic rings. The second-order valence-corrected chi connectivity index (χ2v) is 9.67. The van der Waals surface area contributed by atoms with Crippen LogP contribution in [0.4, 0.5) is 16.2 Å². The summed E-state index contributed by atoms with van der Waals surface area (Å²) in [4.78, 5) is 27.5. The van der Waals surface area contributed by atoms with Crippen molar-refractivity contribution in [3.63, 3.8) is 0 Å². The van der Waals surface area contributed by atoms with E-state index in [-0.39, 0.29) is 16.8 Å². The second kappa shape index (κ2) is 9.49. The Morgan fingerprint density at radius 1 is 1.13 bits per heavy atom. The monoisotopic (exact) mass is 444 g/mol. The number of nitrogens with zero attached hydrogens (tertiary/aromatic N) is 1. The van der Waals surface area contributed by atoms with E-state index in [0.717, 1.165) is 31.1 Å². The van der Waals surface area contributed by atoms with E-state index in [4.69, 9.17) is 5.73 Å². The molecular weight excluding hydrogens is 416 g/mol. The third-order valence-electron chi connectivity index (χ3n) is 5.37. The molecule has 9 heteroatoms. The molecule has 4 N–H and O–H groups in total. The number of rotatable bonds is 7. The van der Waals surface area contributed by atoms with Crippen molar-refractivity contribution >= 4 is 33.2 Å². The summed E-state index contributed by atoms with van der Waals surface area (Å²) in [5.41, 5.74) is 8.15. The van der Waals surface area contributed by atoms with Crippen LogP contribution in [-0.4, -0.2) is 50.6 Å². The van der Waals surface area contributed by atoms with Crippen molar-refractivity contribution in [2.75, 3.05) is 30.0 Å². The SMILES string of the molecule is CCC1Cc2ccc(NC(=O)Nc3ccc(S(C)(=O)=O)cc3)cc2C(=O)N1CCCN. The summed E-state index contributed by atoms with van der Waals surface area (Å²) < 4.78 is 23.1. The van der Waals surface area contributed by atoms with E-state index >= 15 is 0 Å². The lowest BCUT2D eigenvalue weighted by atomic mass is 9.91. The largest absolute Gasteiger partial charge is 0.335 e. The number of carbonyl (C=O) groups excluding carboxylic acids is 2. The van der Waals surface area contributed by atoms with Crippen LogP contribution in [0.5, 0.6) is 0 Å². The number of benzene rings is 2. The first-order chi connectivity index (χ1) is 14.7. The van der Waals surface area contributed by atoms with E-state index in [0.29, 0.717) is 30.0 Å². The van der Waals surface area contributed by atoms with Gasteiger partial charge in [0, 0.05) is 35.8 Å². The maximum absolute atomic E-state index is 13.0. The fourth-order valence-corrected chi connectivity index (χ4v) is 4.34. The highest BCUT2D eigenvalue weighted by atomic mass is 32.2. The summed E-state index contributed by atoms with van der Waals surface area (Å²) in [6.07, 6.45) is 3.52. The molecule has 3 rings (SSSR count). The van der Waals surface area contributed by atoms with Gasteiger partial charge in [-0.1, -0.05) is 13.0 Å². The van der Waals surface area contributed by atoms with E-state index in [1.165, 1.54) is 24.3 Å². The maximum Gasteiger partial charge on any atom is 0.323 e. The van der Waals surface area contributed by atoms with Gasteiger partial charge in [0.1, 0.15) is 0 Å². The van der Waals surface area contributed by atoms with E-state index in [1.54, 1.807) is 12.1 Å². The molecular formula is C22H28N4O4S. The number of carbonyl (C=O) groups is 2. The molecule has 0 aromatic heterocycles. The molecule has 166 valence electrons. The smallest absolute Gasteiger partial charge is 0.323 e. The molecule has 0 spiro atoms. The number of sulfone groups is 1. The van der Waals surface area contributed by atoms with Crippen LogP contribution in [0.25, 0.3) is 0 Å². The number of anilines is 2. The first-order valence-electron chi connectivity index (χ1n) is 10.2. The third-order valence-corrected chi connectivity index (χ3v) is 6.50. The van der Waals surface area contributed by atoms with E-state index in [2.05, 4.69) is 17.6 Å². The molecule has 1 aliphatic heterocycles. The first kappa shape index (κ1) is 22.8. The summed E-state index contributed by atoms with van der Waals surface area (Å²) in [7, 11) is -3.30. The van der Waals surface area contributed by atoms with Crippen LogP contribution in [0.3, 0.4) is 0 Å². The van der Waals surface area contributed by atoms with Crippen molar-refractivity contribution in [2.24, 2.45) is 5.73 Å². The summed E-state index contributed by atoms with van der Waals surface area (Å²) >= 11 is 0. The van der Waals surface area contributed by atoms with Crippen LogP contribution in [0.15, 0.2) is 47.4 Å². The number of nitrogens with one attached hydrogen (secondary N) is 2. The molecule has 3 amide bonds. The van der Waals surface area contributed by atoms with Crippen molar-refractivity contribution in [3.05, 3.63) is 53.6 Å². The average Bonchev–Trinajstić information content (AvgIpc) is 2.73. The Bertz CT molecular complexity index is 1070. The van der Waals surface area contributed by atoms with E-state index in [9.17, 15) is 18.0 Å². The number of fused-ring (bicyclic) bond motifs is 1. The summed E-state index contributed by atoms with van der Waals surface area (Å²) in [5.74, 6) is -0.0398. The predicted octanol–water partition coefficient (Wildman–Crippen LogP) is 2.86. The number of urea groups is 1. The molecule has 1 aliphatic rings. The minimum absolute atomic E-state index is 0.0398. The summed E-state index contributed by atoms with van der Waals surface area (Å²) in [6.45, 7) is 3.22. The lowest BCUT2D eigenvalue weighted by Crippen LogP contribution is -2.46. The van der Waals surface area contributed by atoms with Gasteiger partial charge in [-0.25, -0.2) is 13.2 Å². The van der Waals surface area contributed by atoms with Crippen LogP contribution >= 0.6 is 0 Å². The number of amides is 3. The van der Waals surface area contributed by atoms with Crippen LogP contribution < -0.4 is 16.4 Å². The van der Waals surface area contributed by atoms with Gasteiger partial charge in [-0.3, -0.25) is 4.79 Å². The topological polar surface area (TPSA) is 122 Å². The predicted molar refractivity (Wildman–Crippen MR) is 121 cm³/mol. The maximum atomic E-state index is 13.0. The zero-order valence-electron chi connectivity index (χ0n) is 17.7. The normalized spacial score (nSPS) is 16.0. The Balaban J connectivity index is 1.71. The van der Waals surface area contributed by atoms with Gasteiger partial charge in [-0.15, -0.1) is 0 Å². The highest BCUT2D eigenvalue weighted by Gasteiger charge is 2.31. The van der Waals surface area contributed by atoms with Crippen LogP contribution in [0.2, 0.25) is 0 Å². The molecule has 1 heterocycles. The van der Waals surface area contributed by atoms with Gasteiger partial charge in [0.25, 0.3) is 5.91 Å². The van der Waals surface area contributed by atoms with Gasteiger partial charge < -0.3 is 21.3 Å². The molecule has 8 nitrogen and oxygen atoms in total. The minimum Gasteiger partial charge on any atom is -0.335 e. The quantitative estimate of drug-likeness (QED) is 0.606. The Morgan fingerprint density at radius 3 is 2.39 bits per heavy atom. The molecule has 31 heavy (non-hydrogen) atoms. The number of hydrogen-bond acceptors (Lipinski definition) is 5.